The Balaban J connectivity index is 0.796. The lowest BCUT2D eigenvalue weighted by molar-refractivity contribution is 0.436. The fourth-order valence-electron chi connectivity index (χ4n) is 14.5. The van der Waals surface area contributed by atoms with Gasteiger partial charge in [-0.2, -0.15) is 0 Å². The van der Waals surface area contributed by atoms with Gasteiger partial charge in [-0.05, 0) is 150 Å². The molecule has 388 valence electrons. The maximum atomic E-state index is 6.64. The number of anilines is 3. The maximum absolute atomic E-state index is 6.64. The van der Waals surface area contributed by atoms with Gasteiger partial charge in [0.15, 0.2) is 0 Å². The van der Waals surface area contributed by atoms with Gasteiger partial charge in [0.05, 0.1) is 16.5 Å². The molecule has 0 fully saturated rings. The number of benzene rings is 13. The normalized spacial score (nSPS) is 13.7. The minimum absolute atomic E-state index is 0.514. The molecule has 2 heterocycles. The largest absolute Gasteiger partial charge is 0.457 e. The van der Waals surface area contributed by atoms with E-state index in [0.29, 0.717) is 0 Å². The van der Waals surface area contributed by atoms with Gasteiger partial charge in [-0.3, -0.25) is 0 Å². The summed E-state index contributed by atoms with van der Waals surface area (Å²) in [4.78, 5) is 2.43. The lowest BCUT2D eigenvalue weighted by Gasteiger charge is -2.39. The first-order chi connectivity index (χ1) is 41.1. The van der Waals surface area contributed by atoms with E-state index in [2.05, 4.69) is 314 Å². The molecule has 4 aliphatic rings. The lowest BCUT2D eigenvalue weighted by Crippen LogP contribution is -2.32. The first-order valence-corrected chi connectivity index (χ1v) is 28.6. The summed E-state index contributed by atoms with van der Waals surface area (Å²) < 4.78 is 13.3. The predicted octanol–water partition coefficient (Wildman–Crippen LogP) is 20.8. The van der Waals surface area contributed by atoms with E-state index < -0.39 is 10.8 Å². The molecule has 0 bridgehead atoms. The van der Waals surface area contributed by atoms with E-state index in [1.54, 1.807) is 0 Å². The van der Waals surface area contributed by atoms with Crippen molar-refractivity contribution < 1.29 is 9.47 Å². The predicted molar refractivity (Wildman–Crippen MR) is 338 cm³/mol. The van der Waals surface area contributed by atoms with E-state index >= 15 is 0 Å². The van der Waals surface area contributed by atoms with E-state index in [4.69, 9.17) is 9.47 Å². The Morgan fingerprint density at radius 2 is 0.554 bits per heavy atom. The van der Waals surface area contributed by atoms with Gasteiger partial charge in [-0.1, -0.05) is 243 Å². The Kier molecular flexibility index (Phi) is 10.4. The van der Waals surface area contributed by atoms with Crippen LogP contribution in [0.4, 0.5) is 17.1 Å². The molecule has 0 amide bonds. The van der Waals surface area contributed by atoms with Crippen LogP contribution in [0.2, 0.25) is 0 Å². The number of hydrogen-bond donors (Lipinski definition) is 0. The molecule has 83 heavy (non-hydrogen) atoms. The topological polar surface area (TPSA) is 21.7 Å². The van der Waals surface area contributed by atoms with Crippen LogP contribution in [0.5, 0.6) is 23.0 Å². The number of ether oxygens (including phenoxy) is 2. The fourth-order valence-corrected chi connectivity index (χ4v) is 14.5. The Hall–Kier alpha value is -10.7. The van der Waals surface area contributed by atoms with Gasteiger partial charge in [-0.25, -0.2) is 0 Å². The minimum atomic E-state index is -0.528. The van der Waals surface area contributed by atoms with Crippen molar-refractivity contribution >= 4 is 17.1 Å². The van der Waals surface area contributed by atoms with Gasteiger partial charge in [0.25, 0.3) is 0 Å². The van der Waals surface area contributed by atoms with Gasteiger partial charge in [0.1, 0.15) is 23.0 Å². The third kappa shape index (κ3) is 6.92. The van der Waals surface area contributed by atoms with Crippen molar-refractivity contribution in [3.63, 3.8) is 0 Å². The summed E-state index contributed by atoms with van der Waals surface area (Å²) in [6.07, 6.45) is 0. The maximum Gasteiger partial charge on any atom is 0.132 e. The van der Waals surface area contributed by atoms with Gasteiger partial charge in [0, 0.05) is 39.2 Å². The highest BCUT2D eigenvalue weighted by Gasteiger charge is 2.52. The van der Waals surface area contributed by atoms with Crippen LogP contribution in [0.1, 0.15) is 44.5 Å². The summed E-state index contributed by atoms with van der Waals surface area (Å²) in [5.74, 6) is 3.58. The Labute approximate surface area is 483 Å². The molecule has 2 aliphatic carbocycles. The molecule has 0 atom stereocenters. The molecule has 0 saturated carbocycles. The van der Waals surface area contributed by atoms with E-state index in [1.807, 2.05) is 0 Å². The number of fused-ring (bicyclic) bond motifs is 18. The third-order valence-corrected chi connectivity index (χ3v) is 18.0. The quantitative estimate of drug-likeness (QED) is 0.159. The second-order valence-electron chi connectivity index (χ2n) is 22.2. The molecule has 2 spiro atoms. The highest BCUT2D eigenvalue weighted by Crippen LogP contribution is 2.64. The minimum Gasteiger partial charge on any atom is -0.457 e. The van der Waals surface area contributed by atoms with Crippen molar-refractivity contribution in [2.45, 2.75) is 10.8 Å². The van der Waals surface area contributed by atoms with E-state index in [0.717, 1.165) is 84.6 Å². The van der Waals surface area contributed by atoms with Crippen LogP contribution >= 0.6 is 0 Å². The van der Waals surface area contributed by atoms with Crippen LogP contribution in [-0.4, -0.2) is 0 Å². The average Bonchev–Trinajstić information content (AvgIpc) is 2.88. The van der Waals surface area contributed by atoms with E-state index in [-0.39, 0.29) is 0 Å². The number of nitrogens with zero attached hydrogens (tertiary/aromatic N) is 1. The zero-order valence-electron chi connectivity index (χ0n) is 45.2. The summed E-state index contributed by atoms with van der Waals surface area (Å²) in [5, 5.41) is 0. The molecule has 17 rings (SSSR count). The second kappa shape index (κ2) is 18.4. The number of rotatable bonds is 7. The molecule has 3 nitrogen and oxygen atoms in total. The summed E-state index contributed by atoms with van der Waals surface area (Å²) in [6.45, 7) is 0. The smallest absolute Gasteiger partial charge is 0.132 e. The summed E-state index contributed by atoms with van der Waals surface area (Å²) >= 11 is 0. The van der Waals surface area contributed by atoms with Gasteiger partial charge >= 0.3 is 0 Å². The van der Waals surface area contributed by atoms with Crippen LogP contribution in [0.3, 0.4) is 0 Å². The van der Waals surface area contributed by atoms with Crippen molar-refractivity contribution in [3.05, 3.63) is 354 Å². The Bertz CT molecular complexity index is 4660. The number of hydrogen-bond acceptors (Lipinski definition) is 3. The van der Waals surface area contributed by atoms with Crippen molar-refractivity contribution in [2.75, 3.05) is 4.90 Å². The van der Waals surface area contributed by atoms with Crippen LogP contribution in [-0.2, 0) is 10.8 Å². The monoisotopic (exact) mass is 1060 g/mol. The van der Waals surface area contributed by atoms with Crippen molar-refractivity contribution in [3.8, 4) is 89.8 Å². The highest BCUT2D eigenvalue weighted by atomic mass is 16.5. The fraction of sp³-hybridized carbons (Fsp3) is 0.0250. The standard InChI is InChI=1S/C80H51NO2/c1-2-19-52(20-3-1)53-37-39-55(40-38-53)61-23-6-13-32-74(61)81(59-45-41-54(42-46-59)57-43-47-68-64(50-57)62-24-4-7-26-66(62)79(68)70-28-9-14-33-75(70)82-76-34-15-10-29-71(76)79)60-22-18-21-56(49-60)58-44-48-69-65(51-58)63-25-5-8-27-67(63)80(69)72-30-11-16-35-77(72)83-78-36-17-12-31-73(78)80/h1-51H. The molecule has 3 heteroatoms. The average molecular weight is 1060 g/mol. The van der Waals surface area contributed by atoms with Crippen LogP contribution in [0.15, 0.2) is 309 Å². The molecule has 2 aliphatic heterocycles. The molecule has 0 saturated heterocycles. The van der Waals surface area contributed by atoms with Crippen molar-refractivity contribution in [2.24, 2.45) is 0 Å². The molecule has 13 aromatic carbocycles. The second-order valence-corrected chi connectivity index (χ2v) is 22.2. The Morgan fingerprint density at radius 3 is 1.08 bits per heavy atom. The molecule has 0 unspecified atom stereocenters. The molecular formula is C80H51NO2. The van der Waals surface area contributed by atoms with E-state index in [1.165, 1.54) is 66.8 Å². The first kappa shape index (κ1) is 47.1. The van der Waals surface area contributed by atoms with Gasteiger partial charge in [0.2, 0.25) is 0 Å². The Morgan fingerprint density at radius 1 is 0.205 bits per heavy atom. The van der Waals surface area contributed by atoms with Gasteiger partial charge < -0.3 is 14.4 Å². The molecular weight excluding hydrogens is 1010 g/mol. The number of para-hydroxylation sites is 5. The van der Waals surface area contributed by atoms with Crippen LogP contribution in [0, 0.1) is 0 Å². The van der Waals surface area contributed by atoms with Crippen molar-refractivity contribution in [1.82, 2.24) is 0 Å². The summed E-state index contributed by atoms with van der Waals surface area (Å²) in [6, 6.07) is 113. The van der Waals surface area contributed by atoms with Crippen LogP contribution in [0.25, 0.3) is 66.8 Å². The molecule has 0 N–H and O–H groups in total. The van der Waals surface area contributed by atoms with Gasteiger partial charge in [-0.15, -0.1) is 0 Å². The van der Waals surface area contributed by atoms with Crippen molar-refractivity contribution in [1.29, 1.82) is 0 Å². The zero-order chi connectivity index (χ0) is 54.6. The van der Waals surface area contributed by atoms with Crippen LogP contribution < -0.4 is 14.4 Å². The lowest BCUT2D eigenvalue weighted by atomic mass is 9.66. The molecule has 13 aromatic rings. The zero-order valence-corrected chi connectivity index (χ0v) is 45.2. The summed E-state index contributed by atoms with van der Waals surface area (Å²) in [7, 11) is 0. The third-order valence-electron chi connectivity index (χ3n) is 18.0. The SMILES string of the molecule is c1ccc(-c2ccc(-c3ccccc3N(c3ccc(-c4ccc5c(c4)-c4ccccc4C54c5ccccc5Oc5ccccc54)cc3)c3cccc(-c4ccc5c(c4)-c4ccccc4C54c5ccccc5Oc5ccccc54)c3)cc2)cc1. The molecule has 0 aromatic heterocycles. The molecule has 0 radical (unpaired) electrons. The highest BCUT2D eigenvalue weighted by molar-refractivity contribution is 5.95. The summed E-state index contributed by atoms with van der Waals surface area (Å²) in [5.41, 5.74) is 26.1. The first-order valence-electron chi connectivity index (χ1n) is 28.6. The van der Waals surface area contributed by atoms with E-state index in [9.17, 15) is 0 Å².